The highest BCUT2D eigenvalue weighted by atomic mass is 19.1. The molecule has 1 saturated carbocycles. The average Bonchev–Trinajstić information content (AvgIpc) is 2.62. The highest BCUT2D eigenvalue weighted by molar-refractivity contribution is 6.00. The van der Waals surface area contributed by atoms with E-state index < -0.39 is 34.8 Å². The van der Waals surface area contributed by atoms with Crippen LogP contribution < -0.4 is 0 Å². The number of benzene rings is 1. The van der Waals surface area contributed by atoms with Crippen LogP contribution in [-0.4, -0.2) is 30.7 Å². The molecule has 1 aromatic rings. The van der Waals surface area contributed by atoms with E-state index in [9.17, 15) is 24.6 Å². The zero-order valence-electron chi connectivity index (χ0n) is 14.0. The number of likely N-dealkylation sites (N-methyl/N-ethyl adjacent to an activating group) is 1. The van der Waals surface area contributed by atoms with Gasteiger partial charge in [-0.2, -0.15) is 15.8 Å². The first-order valence-corrected chi connectivity index (χ1v) is 8.04. The fourth-order valence-corrected chi connectivity index (χ4v) is 4.05. The summed E-state index contributed by atoms with van der Waals surface area (Å²) in [6.45, 7) is 0.964. The molecule has 0 saturated heterocycles. The first kappa shape index (κ1) is 17.7. The summed E-state index contributed by atoms with van der Waals surface area (Å²) in [5, 5.41) is 37.6. The van der Waals surface area contributed by atoms with Crippen molar-refractivity contribution >= 4 is 5.71 Å². The molecule has 0 radical (unpaired) electrons. The van der Waals surface area contributed by atoms with Gasteiger partial charge in [-0.15, -0.1) is 0 Å². The molecule has 0 aromatic heterocycles. The van der Waals surface area contributed by atoms with Crippen molar-refractivity contribution in [2.24, 2.45) is 17.3 Å². The Balaban J connectivity index is 2.30. The van der Waals surface area contributed by atoms with E-state index in [2.05, 4.69) is 0 Å². The lowest BCUT2D eigenvalue weighted by molar-refractivity contribution is 0.232. The summed E-state index contributed by atoms with van der Waals surface area (Å²) in [5.41, 5.74) is -1.68. The summed E-state index contributed by atoms with van der Waals surface area (Å²) in [7, 11) is 1.84. The van der Waals surface area contributed by atoms with Crippen LogP contribution >= 0.6 is 0 Å². The summed E-state index contributed by atoms with van der Waals surface area (Å²) in [5.74, 6) is -4.10. The van der Waals surface area contributed by atoms with Crippen LogP contribution in [0.15, 0.2) is 29.8 Å². The summed E-state index contributed by atoms with van der Waals surface area (Å²) >= 11 is 0. The minimum absolute atomic E-state index is 0.0156. The topological polar surface area (TPSA) is 98.5 Å². The van der Waals surface area contributed by atoms with Gasteiger partial charge in [0, 0.05) is 31.0 Å². The quantitative estimate of drug-likeness (QED) is 0.787. The fraction of sp³-hybridized carbons (Fsp3) is 0.368. The van der Waals surface area contributed by atoms with Gasteiger partial charge in [0.2, 0.25) is 0 Å². The first-order chi connectivity index (χ1) is 12.4. The van der Waals surface area contributed by atoms with Gasteiger partial charge in [-0.25, -0.2) is 8.78 Å². The number of rotatable bonds is 1. The molecule has 1 aliphatic carbocycles. The lowest BCUT2D eigenvalue weighted by atomic mass is 9.54. The Bertz CT molecular complexity index is 917. The summed E-state index contributed by atoms with van der Waals surface area (Å²) in [4.78, 5) is 1.94. The smallest absolute Gasteiger partial charge is 0.189 e. The van der Waals surface area contributed by atoms with Crippen molar-refractivity contribution in [3.63, 3.8) is 0 Å². The number of fused-ring (bicyclic) bond motifs is 1. The summed E-state index contributed by atoms with van der Waals surface area (Å²) in [6, 6.07) is 8.79. The van der Waals surface area contributed by atoms with Crippen molar-refractivity contribution in [1.29, 1.82) is 21.2 Å². The van der Waals surface area contributed by atoms with Crippen LogP contribution in [-0.2, 0) is 0 Å². The number of hydrogen-bond donors (Lipinski definition) is 1. The van der Waals surface area contributed by atoms with Crippen LogP contribution in [0.1, 0.15) is 11.5 Å². The van der Waals surface area contributed by atoms with Gasteiger partial charge >= 0.3 is 0 Å². The van der Waals surface area contributed by atoms with Crippen molar-refractivity contribution in [3.05, 3.63) is 47.0 Å². The molecule has 1 heterocycles. The molecule has 7 heteroatoms. The molecule has 26 heavy (non-hydrogen) atoms. The molecule has 2 aliphatic rings. The van der Waals surface area contributed by atoms with Gasteiger partial charge in [-0.1, -0.05) is 12.1 Å². The van der Waals surface area contributed by atoms with Gasteiger partial charge in [-0.3, -0.25) is 0 Å². The molecule has 0 spiro atoms. The predicted molar refractivity (Wildman–Crippen MR) is 88.7 cm³/mol. The fourth-order valence-electron chi connectivity index (χ4n) is 4.05. The van der Waals surface area contributed by atoms with E-state index in [1.807, 2.05) is 36.2 Å². The number of hydrogen-bond acceptors (Lipinski definition) is 5. The van der Waals surface area contributed by atoms with Gasteiger partial charge in [-0.05, 0) is 24.3 Å². The standard InChI is InChI=1S/C19H15F2N5/c1-26-5-4-12-14(7-22)18(25)19(9-23,10-24)17(15(12)8-26)13-3-2-11(20)6-16(13)21/h2-4,6,14-15,17,25H,5,8H2,1H3/t14?,15-,17-/m0/s1. The van der Waals surface area contributed by atoms with Crippen molar-refractivity contribution in [2.75, 3.05) is 20.1 Å². The zero-order chi connectivity index (χ0) is 19.1. The Morgan fingerprint density at radius 2 is 1.92 bits per heavy atom. The monoisotopic (exact) mass is 351 g/mol. The first-order valence-electron chi connectivity index (χ1n) is 8.04. The molecule has 1 aliphatic heterocycles. The Morgan fingerprint density at radius 1 is 1.23 bits per heavy atom. The third-order valence-electron chi connectivity index (χ3n) is 5.27. The van der Waals surface area contributed by atoms with Crippen molar-refractivity contribution in [2.45, 2.75) is 5.92 Å². The van der Waals surface area contributed by atoms with Gasteiger partial charge in [0.15, 0.2) is 5.41 Å². The molecule has 1 unspecified atom stereocenters. The molecule has 0 amide bonds. The molecule has 5 nitrogen and oxygen atoms in total. The van der Waals surface area contributed by atoms with Crippen molar-refractivity contribution in [3.8, 4) is 18.2 Å². The molecule has 130 valence electrons. The highest BCUT2D eigenvalue weighted by Gasteiger charge is 2.58. The molecular formula is C19H15F2N5. The maximum atomic E-state index is 14.6. The minimum Gasteiger partial charge on any atom is -0.305 e. The van der Waals surface area contributed by atoms with Crippen LogP contribution in [0.25, 0.3) is 0 Å². The normalized spacial score (nSPS) is 27.5. The van der Waals surface area contributed by atoms with Crippen LogP contribution in [0.4, 0.5) is 8.78 Å². The van der Waals surface area contributed by atoms with E-state index in [4.69, 9.17) is 5.41 Å². The van der Waals surface area contributed by atoms with Crippen LogP contribution in [0.3, 0.4) is 0 Å². The molecule has 1 aromatic carbocycles. The lowest BCUT2D eigenvalue weighted by Crippen LogP contribution is -2.52. The number of nitrogens with one attached hydrogen (secondary N) is 1. The van der Waals surface area contributed by atoms with Gasteiger partial charge < -0.3 is 10.3 Å². The van der Waals surface area contributed by atoms with E-state index in [0.717, 1.165) is 6.07 Å². The molecule has 3 rings (SSSR count). The van der Waals surface area contributed by atoms with E-state index in [-0.39, 0.29) is 11.3 Å². The minimum atomic E-state index is -1.99. The zero-order valence-corrected chi connectivity index (χ0v) is 14.0. The van der Waals surface area contributed by atoms with Gasteiger partial charge in [0.1, 0.15) is 17.6 Å². The third-order valence-corrected chi connectivity index (χ3v) is 5.27. The molecule has 0 bridgehead atoms. The molecule has 1 fully saturated rings. The molecular weight excluding hydrogens is 336 g/mol. The van der Waals surface area contributed by atoms with Gasteiger partial charge in [0.05, 0.1) is 23.9 Å². The van der Waals surface area contributed by atoms with Crippen LogP contribution in [0.2, 0.25) is 0 Å². The van der Waals surface area contributed by atoms with E-state index in [0.29, 0.717) is 24.7 Å². The van der Waals surface area contributed by atoms with Crippen LogP contribution in [0, 0.1) is 68.3 Å². The van der Waals surface area contributed by atoms with Crippen molar-refractivity contribution in [1.82, 2.24) is 4.90 Å². The van der Waals surface area contributed by atoms with E-state index in [1.54, 1.807) is 0 Å². The summed E-state index contributed by atoms with van der Waals surface area (Å²) < 4.78 is 28.0. The van der Waals surface area contributed by atoms with Crippen LogP contribution in [0.5, 0.6) is 0 Å². The number of nitrogens with zero attached hydrogens (tertiary/aromatic N) is 4. The maximum Gasteiger partial charge on any atom is 0.189 e. The SMILES string of the molecule is CN1CC=C2C(C#N)C(=N)C(C#N)(C#N)[C@@H](c3ccc(F)cc3F)[C@H]2C1. The van der Waals surface area contributed by atoms with Crippen molar-refractivity contribution < 1.29 is 8.78 Å². The number of nitriles is 3. The Labute approximate surface area is 149 Å². The molecule has 1 N–H and O–H groups in total. The highest BCUT2D eigenvalue weighted by Crippen LogP contribution is 2.53. The average molecular weight is 351 g/mol. The second-order valence-electron chi connectivity index (χ2n) is 6.68. The second-order valence-corrected chi connectivity index (χ2v) is 6.68. The Morgan fingerprint density at radius 3 is 2.50 bits per heavy atom. The predicted octanol–water partition coefficient (Wildman–Crippen LogP) is 2.74. The maximum absolute atomic E-state index is 14.6. The summed E-state index contributed by atoms with van der Waals surface area (Å²) in [6.07, 6.45) is 1.81. The lowest BCUT2D eigenvalue weighted by Gasteiger charge is -2.47. The Kier molecular flexibility index (Phi) is 4.32. The number of halogens is 2. The largest absolute Gasteiger partial charge is 0.305 e. The van der Waals surface area contributed by atoms with Gasteiger partial charge in [0.25, 0.3) is 0 Å². The Hall–Kier alpha value is -3.08. The van der Waals surface area contributed by atoms with E-state index in [1.165, 1.54) is 6.07 Å². The second kappa shape index (κ2) is 6.33. The molecule has 3 atom stereocenters. The van der Waals surface area contributed by atoms with E-state index >= 15 is 0 Å². The third kappa shape index (κ3) is 2.39.